The molecule has 0 saturated carbocycles. The number of ether oxygens (including phenoxy) is 1. The molecule has 7 nitrogen and oxygen atoms in total. The Kier molecular flexibility index (Phi) is 4.91. The number of hydrogen-bond acceptors (Lipinski definition) is 6. The molecule has 0 N–H and O–H groups in total. The van der Waals surface area contributed by atoms with Crippen LogP contribution in [0.4, 0.5) is 0 Å². The van der Waals surface area contributed by atoms with Gasteiger partial charge in [-0.1, -0.05) is 18.2 Å². The third kappa shape index (κ3) is 3.86. The predicted octanol–water partition coefficient (Wildman–Crippen LogP) is 3.50. The zero-order valence-electron chi connectivity index (χ0n) is 15.1. The lowest BCUT2D eigenvalue weighted by atomic mass is 9.96. The fourth-order valence-electron chi connectivity index (χ4n) is 3.26. The molecule has 3 heterocycles. The van der Waals surface area contributed by atoms with Crippen LogP contribution >= 0.6 is 0 Å². The molecule has 140 valence electrons. The average molecular weight is 367 g/mol. The third-order valence-corrected chi connectivity index (χ3v) is 4.77. The fraction of sp³-hybridized carbons (Fsp3) is 0.350. The molecule has 0 spiro atoms. The first-order valence-corrected chi connectivity index (χ1v) is 9.07. The van der Waals surface area contributed by atoms with Crippen LogP contribution in [0.15, 0.2) is 57.8 Å². The predicted molar refractivity (Wildman–Crippen MR) is 97.1 cm³/mol. The minimum absolute atomic E-state index is 0.00178. The van der Waals surface area contributed by atoms with Crippen molar-refractivity contribution in [2.75, 3.05) is 13.1 Å². The number of benzene rings is 1. The smallest absolute Gasteiger partial charge is 0.263 e. The van der Waals surface area contributed by atoms with Gasteiger partial charge in [-0.2, -0.15) is 0 Å². The Hall–Kier alpha value is -3.09. The molecule has 7 heteroatoms. The first kappa shape index (κ1) is 17.3. The van der Waals surface area contributed by atoms with Crippen LogP contribution in [0.5, 0.6) is 5.75 Å². The Morgan fingerprint density at radius 1 is 1.19 bits per heavy atom. The molecule has 2 aromatic heterocycles. The Labute approximate surface area is 156 Å². The maximum atomic E-state index is 12.6. The molecule has 4 rings (SSSR count). The zero-order chi connectivity index (χ0) is 18.6. The quantitative estimate of drug-likeness (QED) is 0.686. The minimum Gasteiger partial charge on any atom is -0.481 e. The minimum atomic E-state index is -0.514. The van der Waals surface area contributed by atoms with Gasteiger partial charge >= 0.3 is 0 Å². The normalized spacial score (nSPS) is 16.3. The molecule has 27 heavy (non-hydrogen) atoms. The highest BCUT2D eigenvalue weighted by Gasteiger charge is 2.30. The number of nitrogens with zero attached hydrogens (tertiary/aromatic N) is 3. The second-order valence-corrected chi connectivity index (χ2v) is 6.63. The summed E-state index contributed by atoms with van der Waals surface area (Å²) in [6.45, 7) is 3.08. The molecular formula is C20H21N3O4. The van der Waals surface area contributed by atoms with E-state index in [2.05, 4.69) is 10.2 Å². The number of likely N-dealkylation sites (tertiary alicyclic amines) is 1. The lowest BCUT2D eigenvalue weighted by molar-refractivity contribution is -0.139. The summed E-state index contributed by atoms with van der Waals surface area (Å²) in [4.78, 5) is 14.5. The van der Waals surface area contributed by atoms with E-state index in [0.29, 0.717) is 30.6 Å². The summed E-state index contributed by atoms with van der Waals surface area (Å²) in [6, 6.07) is 11.2. The molecule has 1 aliphatic heterocycles. The summed E-state index contributed by atoms with van der Waals surface area (Å²) in [6.07, 6.45) is 4.21. The molecule has 1 atom stereocenters. The highest BCUT2D eigenvalue weighted by molar-refractivity contribution is 5.81. The van der Waals surface area contributed by atoms with Gasteiger partial charge in [-0.25, -0.2) is 0 Å². The number of amides is 1. The van der Waals surface area contributed by atoms with E-state index in [4.69, 9.17) is 13.6 Å². The molecule has 0 aliphatic carbocycles. The summed E-state index contributed by atoms with van der Waals surface area (Å²) < 4.78 is 16.6. The Morgan fingerprint density at radius 2 is 1.96 bits per heavy atom. The number of hydrogen-bond donors (Lipinski definition) is 0. The average Bonchev–Trinajstić information content (AvgIpc) is 3.40. The number of para-hydroxylation sites is 1. The summed E-state index contributed by atoms with van der Waals surface area (Å²) in [5, 5.41) is 8.26. The largest absolute Gasteiger partial charge is 0.481 e. The van der Waals surface area contributed by atoms with Gasteiger partial charge in [0.15, 0.2) is 6.10 Å². The van der Waals surface area contributed by atoms with Gasteiger partial charge in [-0.3, -0.25) is 4.79 Å². The third-order valence-electron chi connectivity index (χ3n) is 4.77. The van der Waals surface area contributed by atoms with Gasteiger partial charge in [0.05, 0.1) is 11.8 Å². The molecule has 1 saturated heterocycles. The molecule has 0 radical (unpaired) electrons. The van der Waals surface area contributed by atoms with Crippen molar-refractivity contribution in [2.24, 2.45) is 0 Å². The van der Waals surface area contributed by atoms with E-state index in [9.17, 15) is 4.79 Å². The standard InChI is InChI=1S/C20H21N3O4/c1-14(26-17-5-3-2-4-6-17)20(24)23-10-7-15(8-11-23)18-21-22-19(27-18)16-9-12-25-13-16/h2-6,9,12-15H,7-8,10-11H2,1H3. The van der Waals surface area contributed by atoms with Gasteiger partial charge in [0.2, 0.25) is 5.89 Å². The van der Waals surface area contributed by atoms with E-state index >= 15 is 0 Å². The SMILES string of the molecule is CC(Oc1ccccc1)C(=O)N1CCC(c2nnc(-c3ccoc3)o2)CC1. The van der Waals surface area contributed by atoms with Gasteiger partial charge in [-0.15, -0.1) is 10.2 Å². The van der Waals surface area contributed by atoms with Gasteiger partial charge in [0.25, 0.3) is 11.8 Å². The van der Waals surface area contributed by atoms with Crippen LogP contribution in [0.25, 0.3) is 11.5 Å². The van der Waals surface area contributed by atoms with Crippen molar-refractivity contribution in [1.82, 2.24) is 15.1 Å². The maximum Gasteiger partial charge on any atom is 0.263 e. The molecule has 1 fully saturated rings. The van der Waals surface area contributed by atoms with E-state index in [0.717, 1.165) is 18.4 Å². The van der Waals surface area contributed by atoms with Crippen molar-refractivity contribution in [3.63, 3.8) is 0 Å². The van der Waals surface area contributed by atoms with E-state index in [1.54, 1.807) is 25.5 Å². The van der Waals surface area contributed by atoms with Gasteiger partial charge in [0.1, 0.15) is 12.0 Å². The van der Waals surface area contributed by atoms with Gasteiger partial charge in [-0.05, 0) is 38.0 Å². The summed E-state index contributed by atoms with van der Waals surface area (Å²) in [7, 11) is 0. The van der Waals surface area contributed by atoms with Crippen molar-refractivity contribution >= 4 is 5.91 Å². The number of rotatable bonds is 5. The number of aromatic nitrogens is 2. The molecule has 1 unspecified atom stereocenters. The topological polar surface area (TPSA) is 81.6 Å². The Balaban J connectivity index is 1.32. The van der Waals surface area contributed by atoms with Crippen molar-refractivity contribution < 1.29 is 18.4 Å². The van der Waals surface area contributed by atoms with E-state index in [1.807, 2.05) is 35.2 Å². The molecule has 1 amide bonds. The van der Waals surface area contributed by atoms with Crippen LogP contribution in [-0.4, -0.2) is 40.2 Å². The summed E-state index contributed by atoms with van der Waals surface area (Å²) in [5.41, 5.74) is 0.772. The van der Waals surface area contributed by atoms with Crippen LogP contribution < -0.4 is 4.74 Å². The maximum absolute atomic E-state index is 12.6. The zero-order valence-corrected chi connectivity index (χ0v) is 15.1. The fourth-order valence-corrected chi connectivity index (χ4v) is 3.26. The highest BCUT2D eigenvalue weighted by atomic mass is 16.5. The van der Waals surface area contributed by atoms with Gasteiger partial charge < -0.3 is 18.5 Å². The Morgan fingerprint density at radius 3 is 2.67 bits per heavy atom. The molecule has 1 aromatic carbocycles. The lowest BCUT2D eigenvalue weighted by Gasteiger charge is -2.32. The second-order valence-electron chi connectivity index (χ2n) is 6.63. The first-order chi connectivity index (χ1) is 13.2. The molecule has 1 aliphatic rings. The Bertz CT molecular complexity index is 868. The van der Waals surface area contributed by atoms with E-state index in [1.165, 1.54) is 0 Å². The van der Waals surface area contributed by atoms with Crippen LogP contribution in [0, 0.1) is 0 Å². The van der Waals surface area contributed by atoms with Crippen molar-refractivity contribution in [1.29, 1.82) is 0 Å². The highest BCUT2D eigenvalue weighted by Crippen LogP contribution is 2.29. The number of carbonyl (C=O) groups is 1. The van der Waals surface area contributed by atoms with E-state index in [-0.39, 0.29) is 11.8 Å². The monoisotopic (exact) mass is 367 g/mol. The van der Waals surface area contributed by atoms with Crippen LogP contribution in [-0.2, 0) is 4.79 Å². The number of carbonyl (C=O) groups excluding carboxylic acids is 1. The van der Waals surface area contributed by atoms with Crippen LogP contribution in [0.1, 0.15) is 31.6 Å². The second kappa shape index (κ2) is 7.65. The number of piperidine rings is 1. The molecule has 0 bridgehead atoms. The van der Waals surface area contributed by atoms with Crippen molar-refractivity contribution in [3.05, 3.63) is 54.8 Å². The number of furan rings is 1. The summed E-state index contributed by atoms with van der Waals surface area (Å²) in [5.74, 6) is 1.94. The van der Waals surface area contributed by atoms with Gasteiger partial charge in [0, 0.05) is 19.0 Å². The van der Waals surface area contributed by atoms with Crippen molar-refractivity contribution in [2.45, 2.75) is 31.8 Å². The van der Waals surface area contributed by atoms with Crippen molar-refractivity contribution in [3.8, 4) is 17.2 Å². The van der Waals surface area contributed by atoms with Crippen LogP contribution in [0.2, 0.25) is 0 Å². The van der Waals surface area contributed by atoms with E-state index < -0.39 is 6.10 Å². The lowest BCUT2D eigenvalue weighted by Crippen LogP contribution is -2.44. The molecule has 3 aromatic rings. The molecular weight excluding hydrogens is 346 g/mol. The van der Waals surface area contributed by atoms with Crippen LogP contribution in [0.3, 0.4) is 0 Å². The summed E-state index contributed by atoms with van der Waals surface area (Å²) >= 11 is 0. The first-order valence-electron chi connectivity index (χ1n) is 9.07.